The van der Waals surface area contributed by atoms with Crippen molar-refractivity contribution >= 4 is 90.8 Å². The molecule has 0 aliphatic carbocycles. The molecule has 10 aromatic carbocycles. The van der Waals surface area contributed by atoms with Crippen LogP contribution in [0.2, 0.25) is 5.02 Å². The summed E-state index contributed by atoms with van der Waals surface area (Å²) in [7, 11) is -5.35. The van der Waals surface area contributed by atoms with E-state index in [4.69, 9.17) is 17.3 Å². The number of nitrogens with zero attached hydrogens (tertiary/aromatic N) is 1. The Hall–Kier alpha value is -12.2. The van der Waals surface area contributed by atoms with E-state index in [-0.39, 0.29) is 57.8 Å². The number of nitrogen functional groups attached to an aromatic ring is 1. The molecule has 0 radical (unpaired) electrons. The number of sulfone groups is 1. The molecule has 0 spiro atoms. The molecular formula is C81H59ClF17N7O9S. The minimum atomic E-state index is -5.35. The van der Waals surface area contributed by atoms with E-state index in [1.165, 1.54) is 42.5 Å². The summed E-state index contributed by atoms with van der Waals surface area (Å²) in [5.74, 6) is -2.68. The molecule has 5 aliphatic rings. The number of rotatable bonds is 7. The summed E-state index contributed by atoms with van der Waals surface area (Å²) >= 11 is 5.75. The van der Waals surface area contributed by atoms with E-state index in [9.17, 15) is 117 Å². The second-order valence-corrected chi connectivity index (χ2v) is 29.1. The van der Waals surface area contributed by atoms with E-state index < -0.39 is 89.4 Å². The Morgan fingerprint density at radius 1 is 0.353 bits per heavy atom. The van der Waals surface area contributed by atoms with Gasteiger partial charge in [-0.05, 0) is 237 Å². The molecule has 0 saturated carbocycles. The number of carbonyl (C=O) groups is 5. The van der Waals surface area contributed by atoms with Gasteiger partial charge in [0, 0.05) is 55.2 Å². The normalized spacial score (nSPS) is 14.5. The van der Waals surface area contributed by atoms with Crippen molar-refractivity contribution < 1.29 is 112 Å². The minimum Gasteiger partial charge on any atom is -0.397 e. The molecule has 0 bridgehead atoms. The topological polar surface area (TPSA) is 249 Å². The molecule has 0 unspecified atom stereocenters. The summed E-state index contributed by atoms with van der Waals surface area (Å²) in [5, 5.41) is 24.1. The molecule has 5 aliphatic heterocycles. The number of carbonyl (C=O) groups excluding carboxylic acids is 5. The van der Waals surface area contributed by atoms with Crippen molar-refractivity contribution in [1.82, 2.24) is 0 Å². The van der Waals surface area contributed by atoms with Gasteiger partial charge in [0.05, 0.1) is 48.6 Å². The van der Waals surface area contributed by atoms with E-state index in [0.717, 1.165) is 105 Å². The first-order valence-corrected chi connectivity index (χ1v) is 36.6. The Morgan fingerprint density at radius 3 is 1.17 bits per heavy atom. The van der Waals surface area contributed by atoms with Crippen LogP contribution in [0.25, 0.3) is 55.6 Å². The van der Waals surface area contributed by atoms with Crippen molar-refractivity contribution in [1.29, 1.82) is 0 Å². The monoisotopic (exact) mass is 1660 g/mol. The molecule has 5 heterocycles. The van der Waals surface area contributed by atoms with Crippen LogP contribution in [0, 0.1) is 21.7 Å². The zero-order valence-corrected chi connectivity index (χ0v) is 61.1. The Kier molecular flexibility index (Phi) is 24.6. The van der Waals surface area contributed by atoms with Crippen molar-refractivity contribution in [3.8, 4) is 55.6 Å². The summed E-state index contributed by atoms with van der Waals surface area (Å²) < 4.78 is 240. The fraction of sp³-hybridized carbons (Fsp3) is 0.198. The first-order valence-electron chi connectivity index (χ1n) is 34.7. The molecule has 5 amide bonds. The molecule has 0 aromatic heterocycles. The van der Waals surface area contributed by atoms with Gasteiger partial charge in [-0.25, -0.2) is 17.2 Å². The lowest BCUT2D eigenvalue weighted by atomic mass is 9.95. The van der Waals surface area contributed by atoms with Crippen molar-refractivity contribution in [2.24, 2.45) is 0 Å². The smallest absolute Gasteiger partial charge is 0.397 e. The SMILES string of the molecule is Nc1cc(-c2ccc(C(F)(F)F)cc2)cc2c1NC(=O)CC2.O=C1CCCc2cc(-c3ccc(S(=O)(=O)C(F)(F)F)cc3)ccc2N1.O=C1CCc2cc(-c3ccc(C(F)(F)F)c(Cl)c3)ccc2N1.O=C1CCc2cc(-c3ccc(C(F)(F)F)c(F)c3)cc(F)c2N1.O=C1CCc2cc(-c3ccc(C(F)(F)F)c([N+](=O)[O-])c3)ccc2N1. The molecule has 604 valence electrons. The lowest BCUT2D eigenvalue weighted by molar-refractivity contribution is -0.388. The van der Waals surface area contributed by atoms with Gasteiger partial charge in [-0.1, -0.05) is 72.3 Å². The highest BCUT2D eigenvalue weighted by molar-refractivity contribution is 7.92. The predicted molar refractivity (Wildman–Crippen MR) is 398 cm³/mol. The van der Waals surface area contributed by atoms with Crippen LogP contribution in [0.1, 0.15) is 88.6 Å². The largest absolute Gasteiger partial charge is 0.501 e. The zero-order valence-electron chi connectivity index (χ0n) is 59.5. The van der Waals surface area contributed by atoms with Gasteiger partial charge in [-0.15, -0.1) is 0 Å². The number of hydrogen-bond donors (Lipinski definition) is 6. The molecule has 0 atom stereocenters. The van der Waals surface area contributed by atoms with E-state index >= 15 is 0 Å². The Bertz CT molecular complexity index is 5660. The second-order valence-electron chi connectivity index (χ2n) is 26.7. The number of hydrogen-bond acceptors (Lipinski definition) is 10. The summed E-state index contributed by atoms with van der Waals surface area (Å²) in [5.41, 5.74) is 8.22. The molecule has 0 fully saturated rings. The number of nitro benzene ring substituents is 1. The van der Waals surface area contributed by atoms with Gasteiger partial charge >= 0.3 is 30.2 Å². The van der Waals surface area contributed by atoms with Crippen LogP contribution in [0.4, 0.5) is 114 Å². The highest BCUT2D eigenvalue weighted by atomic mass is 35.5. The Balaban J connectivity index is 0.000000143. The number of halogens is 18. The van der Waals surface area contributed by atoms with Crippen LogP contribution in [-0.4, -0.2) is 48.4 Å². The van der Waals surface area contributed by atoms with Crippen molar-refractivity contribution in [3.63, 3.8) is 0 Å². The lowest BCUT2D eigenvalue weighted by Gasteiger charge is -2.20. The van der Waals surface area contributed by atoms with E-state index in [2.05, 4.69) is 26.6 Å². The summed E-state index contributed by atoms with van der Waals surface area (Å²) in [6.45, 7) is 0. The number of nitrogens with one attached hydrogen (secondary N) is 5. The number of fused-ring (bicyclic) bond motifs is 5. The maximum Gasteiger partial charge on any atom is 0.501 e. The number of nitrogens with two attached hydrogens (primary N) is 1. The molecule has 10 aromatic rings. The summed E-state index contributed by atoms with van der Waals surface area (Å²) in [6, 6.07) is 40.3. The molecule has 35 heteroatoms. The van der Waals surface area contributed by atoms with Crippen LogP contribution >= 0.6 is 11.6 Å². The van der Waals surface area contributed by atoms with Gasteiger partial charge in [0.1, 0.15) is 17.2 Å². The van der Waals surface area contributed by atoms with Crippen molar-refractivity contribution in [2.45, 2.75) is 106 Å². The van der Waals surface area contributed by atoms with Crippen LogP contribution in [-0.2, 0) is 90.6 Å². The minimum absolute atomic E-state index is 0.0298. The number of alkyl halides is 15. The fourth-order valence-corrected chi connectivity index (χ4v) is 14.0. The van der Waals surface area contributed by atoms with Gasteiger partial charge in [0.25, 0.3) is 15.5 Å². The quantitative estimate of drug-likeness (QED) is 0.0381. The lowest BCUT2D eigenvalue weighted by Crippen LogP contribution is -2.23. The summed E-state index contributed by atoms with van der Waals surface area (Å²) in [6.07, 6.45) is -13.2. The Labute approximate surface area is 652 Å². The number of nitro groups is 1. The van der Waals surface area contributed by atoms with Gasteiger partial charge < -0.3 is 32.3 Å². The van der Waals surface area contributed by atoms with Gasteiger partial charge in [0.15, 0.2) is 0 Å². The summed E-state index contributed by atoms with van der Waals surface area (Å²) in [4.78, 5) is 66.0. The Morgan fingerprint density at radius 2 is 0.707 bits per heavy atom. The van der Waals surface area contributed by atoms with Crippen LogP contribution in [0.15, 0.2) is 187 Å². The molecule has 15 rings (SSSR count). The maximum atomic E-state index is 14.1. The fourth-order valence-electron chi connectivity index (χ4n) is 13.0. The van der Waals surface area contributed by atoms with Crippen LogP contribution in [0.5, 0.6) is 0 Å². The third-order valence-corrected chi connectivity index (χ3v) is 20.6. The molecule has 116 heavy (non-hydrogen) atoms. The predicted octanol–water partition coefficient (Wildman–Crippen LogP) is 21.4. The third-order valence-electron chi connectivity index (χ3n) is 18.8. The van der Waals surface area contributed by atoms with Gasteiger partial charge in [-0.3, -0.25) is 34.1 Å². The van der Waals surface area contributed by atoms with Crippen LogP contribution in [0.3, 0.4) is 0 Å². The van der Waals surface area contributed by atoms with Crippen molar-refractivity contribution in [2.75, 3.05) is 32.3 Å². The highest BCUT2D eigenvalue weighted by Crippen LogP contribution is 2.44. The zero-order chi connectivity index (χ0) is 84.3. The maximum absolute atomic E-state index is 14.1. The van der Waals surface area contributed by atoms with E-state index in [0.29, 0.717) is 127 Å². The number of benzene rings is 10. The highest BCUT2D eigenvalue weighted by Gasteiger charge is 2.47. The molecule has 16 nitrogen and oxygen atoms in total. The second kappa shape index (κ2) is 33.7. The van der Waals surface area contributed by atoms with Crippen molar-refractivity contribution in [3.05, 3.63) is 259 Å². The van der Waals surface area contributed by atoms with E-state index in [1.807, 2.05) is 18.2 Å². The number of aryl methyl sites for hydroxylation is 5. The molecular weight excluding hydrogens is 1610 g/mol. The van der Waals surface area contributed by atoms with Crippen LogP contribution < -0.4 is 32.3 Å². The van der Waals surface area contributed by atoms with Gasteiger partial charge in [-0.2, -0.15) is 65.9 Å². The average molecular weight is 1660 g/mol. The van der Waals surface area contributed by atoms with Gasteiger partial charge in [0.2, 0.25) is 29.5 Å². The standard InChI is InChI=1S/C17H14F3NO3S.C16H11ClF3NO.C16H10F5NO.C16H11F3N2O3.C16H13F3N2O/c18-17(19,20)25(23,24)14-7-4-11(5-8-14)12-6-9-15-13(10-12)2-1-3-16(22)21-15;17-13-8-10(1-4-12(13)16(18,19)20)9-2-5-14-11(7-9)3-6-15(22)21-14;17-12-6-8(1-3-11(12)16(19,20)21)10-5-9-2-4-14(23)22-15(9)13(18)7-10;17-16(18,19)12-4-1-10(8-14(12)21(23)24)9-2-5-13-11(7-9)3-6-15(22)20-13;17-16(18,19)12-4-1-9(2-5-12)11-7-10-3-6-14(22)21-15(10)13(20)8-11/h4-10H,1-3H2,(H,21,22);1-2,4-5,7-8H,3,6H2,(H,21,22);1,3,5-7H,2,4H2,(H,22,23);1-2,4-5,7-8H,3,6H2,(H,20,22);1-2,4-5,7-8H,3,6,20H2,(H,21,22). The number of anilines is 6. The van der Waals surface area contributed by atoms with E-state index in [1.54, 1.807) is 54.6 Å². The molecule has 7 N–H and O–H groups in total. The first kappa shape index (κ1) is 84.7. The average Bonchev–Trinajstić information content (AvgIpc) is 0.828. The third kappa shape index (κ3) is 20.1. The number of amides is 5. The first-order chi connectivity index (χ1) is 54.4. The molecule has 0 saturated heterocycles.